The second kappa shape index (κ2) is 5.25. The van der Waals surface area contributed by atoms with Crippen molar-refractivity contribution in [1.82, 2.24) is 20.2 Å². The van der Waals surface area contributed by atoms with Crippen molar-refractivity contribution in [2.75, 3.05) is 5.32 Å². The monoisotopic (exact) mass is 269 g/mol. The first-order valence-electron chi connectivity index (χ1n) is 4.86. The molecule has 0 radical (unpaired) electrons. The van der Waals surface area contributed by atoms with Crippen molar-refractivity contribution in [3.05, 3.63) is 40.0 Å². The lowest BCUT2D eigenvalue weighted by Crippen LogP contribution is -2.04. The van der Waals surface area contributed by atoms with E-state index in [9.17, 15) is 0 Å². The van der Waals surface area contributed by atoms with Gasteiger partial charge in [0.1, 0.15) is 0 Å². The lowest BCUT2D eigenvalue weighted by molar-refractivity contribution is 0.956. The average molecular weight is 270 g/mol. The molecule has 0 saturated heterocycles. The van der Waals surface area contributed by atoms with E-state index in [4.69, 9.17) is 23.2 Å². The third-order valence-corrected chi connectivity index (χ3v) is 2.47. The lowest BCUT2D eigenvalue weighted by atomic mass is 10.2. The SMILES string of the molecule is Cc1ccc(CNc2nc(Cl)nnc2Cl)cn1. The van der Waals surface area contributed by atoms with Crippen molar-refractivity contribution in [3.63, 3.8) is 0 Å². The molecular formula is C10H9Cl2N5. The van der Waals surface area contributed by atoms with Crippen LogP contribution in [0.2, 0.25) is 10.4 Å². The highest BCUT2D eigenvalue weighted by Crippen LogP contribution is 2.17. The van der Waals surface area contributed by atoms with Crippen LogP contribution in [-0.4, -0.2) is 20.2 Å². The molecule has 0 aliphatic heterocycles. The highest BCUT2D eigenvalue weighted by molar-refractivity contribution is 6.32. The maximum Gasteiger partial charge on any atom is 0.245 e. The van der Waals surface area contributed by atoms with Gasteiger partial charge in [-0.2, -0.15) is 4.98 Å². The number of nitrogens with zero attached hydrogens (tertiary/aromatic N) is 4. The highest BCUT2D eigenvalue weighted by atomic mass is 35.5. The van der Waals surface area contributed by atoms with Gasteiger partial charge < -0.3 is 5.32 Å². The maximum atomic E-state index is 5.81. The van der Waals surface area contributed by atoms with E-state index in [0.29, 0.717) is 12.4 Å². The van der Waals surface area contributed by atoms with Crippen LogP contribution in [0.3, 0.4) is 0 Å². The Hall–Kier alpha value is -1.46. The number of halogens is 2. The molecule has 0 aromatic carbocycles. The zero-order valence-electron chi connectivity index (χ0n) is 8.98. The Bertz CT molecular complexity index is 515. The molecule has 2 rings (SSSR count). The Morgan fingerprint density at radius 3 is 2.76 bits per heavy atom. The first-order chi connectivity index (χ1) is 8.15. The van der Waals surface area contributed by atoms with Crippen LogP contribution < -0.4 is 5.32 Å². The predicted octanol–water partition coefficient (Wildman–Crippen LogP) is 2.49. The molecule has 0 unspecified atom stereocenters. The normalized spacial score (nSPS) is 10.3. The quantitative estimate of drug-likeness (QED) is 0.928. The fourth-order valence-electron chi connectivity index (χ4n) is 1.19. The van der Waals surface area contributed by atoms with Gasteiger partial charge in [0, 0.05) is 18.4 Å². The molecule has 0 fully saturated rings. The van der Waals surface area contributed by atoms with Gasteiger partial charge in [0.05, 0.1) is 0 Å². The first kappa shape index (κ1) is 12.0. The Labute approximate surface area is 108 Å². The standard InChI is InChI=1S/C10H9Cl2N5/c1-6-2-3-7(4-13-6)5-14-9-8(11)16-17-10(12)15-9/h2-4H,5H2,1H3,(H,14,15,17). The number of anilines is 1. The van der Waals surface area contributed by atoms with Crippen LogP contribution in [0.1, 0.15) is 11.3 Å². The molecule has 0 atom stereocenters. The van der Waals surface area contributed by atoms with Crippen molar-refractivity contribution < 1.29 is 0 Å². The third kappa shape index (κ3) is 3.25. The molecule has 0 saturated carbocycles. The summed E-state index contributed by atoms with van der Waals surface area (Å²) in [6.45, 7) is 2.48. The van der Waals surface area contributed by atoms with Crippen LogP contribution in [0.4, 0.5) is 5.82 Å². The van der Waals surface area contributed by atoms with E-state index < -0.39 is 0 Å². The van der Waals surface area contributed by atoms with Gasteiger partial charge in [-0.05, 0) is 30.2 Å². The molecule has 0 bridgehead atoms. The van der Waals surface area contributed by atoms with Gasteiger partial charge in [-0.1, -0.05) is 17.7 Å². The van der Waals surface area contributed by atoms with Gasteiger partial charge in [0.2, 0.25) is 5.28 Å². The van der Waals surface area contributed by atoms with E-state index in [0.717, 1.165) is 11.3 Å². The Kier molecular flexibility index (Phi) is 3.71. The van der Waals surface area contributed by atoms with Gasteiger partial charge >= 0.3 is 0 Å². The van der Waals surface area contributed by atoms with E-state index in [1.54, 1.807) is 6.20 Å². The number of rotatable bonds is 3. The zero-order chi connectivity index (χ0) is 12.3. The maximum absolute atomic E-state index is 5.81. The summed E-state index contributed by atoms with van der Waals surface area (Å²) in [5, 5.41) is 10.4. The summed E-state index contributed by atoms with van der Waals surface area (Å²) in [5.74, 6) is 0.409. The van der Waals surface area contributed by atoms with Crippen LogP contribution in [0.15, 0.2) is 18.3 Å². The fourth-order valence-corrected chi connectivity index (χ4v) is 1.46. The molecule has 7 heteroatoms. The molecule has 1 N–H and O–H groups in total. The molecule has 2 heterocycles. The van der Waals surface area contributed by atoms with Crippen molar-refractivity contribution in [3.8, 4) is 0 Å². The summed E-state index contributed by atoms with van der Waals surface area (Å²) in [6.07, 6.45) is 1.78. The molecule has 17 heavy (non-hydrogen) atoms. The summed E-state index contributed by atoms with van der Waals surface area (Å²) < 4.78 is 0. The van der Waals surface area contributed by atoms with E-state index in [2.05, 4.69) is 25.5 Å². The molecular weight excluding hydrogens is 261 g/mol. The van der Waals surface area contributed by atoms with Gasteiger partial charge in [-0.3, -0.25) is 4.98 Å². The Balaban J connectivity index is 2.07. The summed E-state index contributed by atoms with van der Waals surface area (Å²) in [4.78, 5) is 8.12. The molecule has 0 amide bonds. The van der Waals surface area contributed by atoms with Crippen LogP contribution in [0, 0.1) is 6.92 Å². The summed E-state index contributed by atoms with van der Waals surface area (Å²) in [7, 11) is 0. The van der Waals surface area contributed by atoms with Crippen molar-refractivity contribution in [1.29, 1.82) is 0 Å². The number of hydrogen-bond donors (Lipinski definition) is 1. The van der Waals surface area contributed by atoms with Crippen LogP contribution in [0.25, 0.3) is 0 Å². The minimum Gasteiger partial charge on any atom is -0.363 e. The van der Waals surface area contributed by atoms with Crippen LogP contribution in [-0.2, 0) is 6.54 Å². The Morgan fingerprint density at radius 1 is 1.24 bits per heavy atom. The minimum atomic E-state index is 0.0546. The summed E-state index contributed by atoms with van der Waals surface area (Å²) in [6, 6.07) is 3.91. The first-order valence-corrected chi connectivity index (χ1v) is 5.62. The average Bonchev–Trinajstić information content (AvgIpc) is 2.32. The van der Waals surface area contributed by atoms with Crippen molar-refractivity contribution in [2.24, 2.45) is 0 Å². The zero-order valence-corrected chi connectivity index (χ0v) is 10.5. The molecule has 0 aliphatic carbocycles. The molecule has 0 aliphatic rings. The van der Waals surface area contributed by atoms with E-state index in [1.807, 2.05) is 19.1 Å². The van der Waals surface area contributed by atoms with Crippen molar-refractivity contribution in [2.45, 2.75) is 13.5 Å². The Morgan fingerprint density at radius 2 is 2.06 bits per heavy atom. The van der Waals surface area contributed by atoms with Gasteiger partial charge in [0.15, 0.2) is 11.0 Å². The molecule has 0 spiro atoms. The second-order valence-corrected chi connectivity index (χ2v) is 4.08. The third-order valence-electron chi connectivity index (χ3n) is 2.05. The van der Waals surface area contributed by atoms with E-state index in [1.165, 1.54) is 0 Å². The largest absolute Gasteiger partial charge is 0.363 e. The molecule has 88 valence electrons. The van der Waals surface area contributed by atoms with Gasteiger partial charge in [-0.25, -0.2) is 0 Å². The fraction of sp³-hybridized carbons (Fsp3) is 0.200. The number of nitrogens with one attached hydrogen (secondary N) is 1. The number of aromatic nitrogens is 4. The molecule has 2 aromatic heterocycles. The highest BCUT2D eigenvalue weighted by Gasteiger charge is 2.05. The van der Waals surface area contributed by atoms with Crippen LogP contribution in [0.5, 0.6) is 0 Å². The molecule has 2 aromatic rings. The number of aryl methyl sites for hydroxylation is 1. The predicted molar refractivity (Wildman–Crippen MR) is 66.1 cm³/mol. The van der Waals surface area contributed by atoms with E-state index >= 15 is 0 Å². The summed E-state index contributed by atoms with van der Waals surface area (Å²) >= 11 is 11.4. The van der Waals surface area contributed by atoms with Crippen molar-refractivity contribution >= 4 is 29.0 Å². The number of pyridine rings is 1. The molecule has 5 nitrogen and oxygen atoms in total. The topological polar surface area (TPSA) is 63.6 Å². The number of hydrogen-bond acceptors (Lipinski definition) is 5. The van der Waals surface area contributed by atoms with E-state index in [-0.39, 0.29) is 10.4 Å². The minimum absolute atomic E-state index is 0.0546. The lowest BCUT2D eigenvalue weighted by Gasteiger charge is -2.06. The summed E-state index contributed by atoms with van der Waals surface area (Å²) in [5.41, 5.74) is 1.99. The van der Waals surface area contributed by atoms with Crippen LogP contribution >= 0.6 is 23.2 Å². The van der Waals surface area contributed by atoms with Gasteiger partial charge in [-0.15, -0.1) is 10.2 Å². The smallest absolute Gasteiger partial charge is 0.245 e. The van der Waals surface area contributed by atoms with Gasteiger partial charge in [0.25, 0.3) is 0 Å². The second-order valence-electron chi connectivity index (χ2n) is 3.38.